The molecule has 0 aliphatic heterocycles. The van der Waals surface area contributed by atoms with E-state index in [0.717, 1.165) is 4.90 Å². The molecule has 124 valence electrons. The lowest BCUT2D eigenvalue weighted by molar-refractivity contribution is -0.136. The molecule has 0 heterocycles. The molecular formula is C16H13Cl2N3O3. The highest BCUT2D eigenvalue weighted by atomic mass is 35.5. The normalized spacial score (nSPS) is 10.1. The second-order valence-corrected chi connectivity index (χ2v) is 5.59. The van der Waals surface area contributed by atoms with Crippen molar-refractivity contribution in [1.82, 2.24) is 0 Å². The minimum atomic E-state index is -1.05. The summed E-state index contributed by atoms with van der Waals surface area (Å²) in [4.78, 5) is 37.1. The highest BCUT2D eigenvalue weighted by Crippen LogP contribution is 2.29. The van der Waals surface area contributed by atoms with Crippen molar-refractivity contribution in [2.24, 2.45) is 0 Å². The van der Waals surface area contributed by atoms with Gasteiger partial charge in [-0.1, -0.05) is 29.3 Å². The molecule has 3 amide bonds. The van der Waals surface area contributed by atoms with Crippen molar-refractivity contribution in [2.45, 2.75) is 6.92 Å². The summed E-state index contributed by atoms with van der Waals surface area (Å²) in [7, 11) is 0. The van der Waals surface area contributed by atoms with Crippen LogP contribution in [-0.2, 0) is 14.4 Å². The van der Waals surface area contributed by atoms with Crippen LogP contribution in [0.5, 0.6) is 0 Å². The number of hydrogen-bond donors (Lipinski definition) is 2. The van der Waals surface area contributed by atoms with E-state index >= 15 is 0 Å². The topological polar surface area (TPSA) is 92.5 Å². The van der Waals surface area contributed by atoms with E-state index in [4.69, 9.17) is 28.9 Å². The lowest BCUT2D eigenvalue weighted by atomic mass is 10.2. The third-order valence-corrected chi connectivity index (χ3v) is 3.88. The minimum absolute atomic E-state index is 0.0992. The zero-order chi connectivity index (χ0) is 17.9. The Morgan fingerprint density at radius 1 is 1.04 bits per heavy atom. The fourth-order valence-electron chi connectivity index (χ4n) is 1.94. The highest BCUT2D eigenvalue weighted by Gasteiger charge is 2.27. The van der Waals surface area contributed by atoms with Crippen LogP contribution >= 0.6 is 23.2 Å². The average molecular weight is 366 g/mol. The van der Waals surface area contributed by atoms with Crippen LogP contribution in [0.4, 0.5) is 17.1 Å². The SMILES string of the molecule is CC(=O)N(C(=O)C(=O)Nc1cccc(Cl)c1Cl)c1ccc(N)cc1. The van der Waals surface area contributed by atoms with Crippen LogP contribution in [0.1, 0.15) is 6.92 Å². The van der Waals surface area contributed by atoms with E-state index in [9.17, 15) is 14.4 Å². The maximum Gasteiger partial charge on any atom is 0.323 e. The van der Waals surface area contributed by atoms with Crippen molar-refractivity contribution >= 4 is 58.0 Å². The van der Waals surface area contributed by atoms with Gasteiger partial charge in [0.15, 0.2) is 0 Å². The van der Waals surface area contributed by atoms with Crippen molar-refractivity contribution in [3.05, 3.63) is 52.5 Å². The lowest BCUT2D eigenvalue weighted by Gasteiger charge is -2.19. The Labute approximate surface area is 148 Å². The molecule has 0 saturated heterocycles. The standard InChI is InChI=1S/C16H13Cl2N3O3/c1-9(22)21(11-7-5-10(19)6-8-11)16(24)15(23)20-13-4-2-3-12(17)14(13)18/h2-8H,19H2,1H3,(H,20,23). The number of nitrogens with two attached hydrogens (primary N) is 1. The number of hydrogen-bond acceptors (Lipinski definition) is 4. The van der Waals surface area contributed by atoms with Crippen LogP contribution in [0.2, 0.25) is 10.0 Å². The molecule has 0 aliphatic rings. The third-order valence-electron chi connectivity index (χ3n) is 3.06. The summed E-state index contributed by atoms with van der Waals surface area (Å²) in [5.41, 5.74) is 6.44. The third kappa shape index (κ3) is 3.84. The molecule has 0 aromatic heterocycles. The molecule has 0 atom stereocenters. The maximum absolute atomic E-state index is 12.4. The Morgan fingerprint density at radius 2 is 1.67 bits per heavy atom. The number of nitrogens with zero attached hydrogens (tertiary/aromatic N) is 1. The number of nitrogen functional groups attached to an aromatic ring is 1. The average Bonchev–Trinajstić information content (AvgIpc) is 2.53. The number of amides is 3. The van der Waals surface area contributed by atoms with Crippen LogP contribution in [0.3, 0.4) is 0 Å². The fourth-order valence-corrected chi connectivity index (χ4v) is 2.29. The van der Waals surface area contributed by atoms with Gasteiger partial charge in [0.1, 0.15) is 0 Å². The summed E-state index contributed by atoms with van der Waals surface area (Å²) in [6.07, 6.45) is 0. The van der Waals surface area contributed by atoms with Crippen LogP contribution in [0, 0.1) is 0 Å². The zero-order valence-corrected chi connectivity index (χ0v) is 14.1. The largest absolute Gasteiger partial charge is 0.399 e. The van der Waals surface area contributed by atoms with Crippen molar-refractivity contribution < 1.29 is 14.4 Å². The van der Waals surface area contributed by atoms with E-state index < -0.39 is 17.7 Å². The predicted octanol–water partition coefficient (Wildman–Crippen LogP) is 3.09. The first kappa shape index (κ1) is 17.8. The van der Waals surface area contributed by atoms with Gasteiger partial charge in [-0.3, -0.25) is 14.4 Å². The van der Waals surface area contributed by atoms with E-state index in [1.807, 2.05) is 0 Å². The van der Waals surface area contributed by atoms with Gasteiger partial charge in [-0.2, -0.15) is 0 Å². The van der Waals surface area contributed by atoms with Crippen LogP contribution in [0.15, 0.2) is 42.5 Å². The first-order valence-electron chi connectivity index (χ1n) is 6.77. The van der Waals surface area contributed by atoms with Gasteiger partial charge >= 0.3 is 11.8 Å². The van der Waals surface area contributed by atoms with Crippen LogP contribution in [0.25, 0.3) is 0 Å². The molecule has 0 fully saturated rings. The van der Waals surface area contributed by atoms with E-state index in [1.54, 1.807) is 6.07 Å². The quantitative estimate of drug-likeness (QED) is 0.631. The van der Waals surface area contributed by atoms with Crippen LogP contribution in [-0.4, -0.2) is 17.7 Å². The Balaban J connectivity index is 2.26. The molecular weight excluding hydrogens is 353 g/mol. The monoisotopic (exact) mass is 365 g/mol. The molecule has 8 heteroatoms. The Morgan fingerprint density at radius 3 is 2.25 bits per heavy atom. The number of halogens is 2. The van der Waals surface area contributed by atoms with Gasteiger partial charge in [-0.15, -0.1) is 0 Å². The Kier molecular flexibility index (Phi) is 5.43. The molecule has 0 bridgehead atoms. The van der Waals surface area contributed by atoms with Crippen LogP contribution < -0.4 is 16.0 Å². The van der Waals surface area contributed by atoms with Crippen molar-refractivity contribution in [1.29, 1.82) is 0 Å². The highest BCUT2D eigenvalue weighted by molar-refractivity contribution is 6.50. The molecule has 24 heavy (non-hydrogen) atoms. The minimum Gasteiger partial charge on any atom is -0.399 e. The summed E-state index contributed by atoms with van der Waals surface area (Å²) in [5, 5.41) is 2.67. The second kappa shape index (κ2) is 7.33. The molecule has 0 saturated carbocycles. The summed E-state index contributed by atoms with van der Waals surface area (Å²) >= 11 is 11.8. The molecule has 3 N–H and O–H groups in total. The van der Waals surface area contributed by atoms with Gasteiger partial charge in [0.25, 0.3) is 0 Å². The lowest BCUT2D eigenvalue weighted by Crippen LogP contribution is -2.42. The smallest absolute Gasteiger partial charge is 0.323 e. The van der Waals surface area contributed by atoms with Gasteiger partial charge in [0.2, 0.25) is 5.91 Å². The first-order valence-corrected chi connectivity index (χ1v) is 7.52. The molecule has 2 aromatic rings. The van der Waals surface area contributed by atoms with E-state index in [0.29, 0.717) is 5.69 Å². The fraction of sp³-hybridized carbons (Fsp3) is 0.0625. The van der Waals surface area contributed by atoms with E-state index in [1.165, 1.54) is 43.3 Å². The number of nitrogens with one attached hydrogen (secondary N) is 1. The number of carbonyl (C=O) groups is 3. The first-order chi connectivity index (χ1) is 11.3. The molecule has 0 spiro atoms. The second-order valence-electron chi connectivity index (χ2n) is 4.81. The predicted molar refractivity (Wildman–Crippen MR) is 94.1 cm³/mol. The molecule has 2 rings (SSSR count). The summed E-state index contributed by atoms with van der Waals surface area (Å²) in [5.74, 6) is -2.69. The number of imide groups is 1. The van der Waals surface area contributed by atoms with Crippen molar-refractivity contribution in [2.75, 3.05) is 16.0 Å². The number of benzene rings is 2. The zero-order valence-electron chi connectivity index (χ0n) is 12.5. The Bertz CT molecular complexity index is 807. The number of carbonyl (C=O) groups excluding carboxylic acids is 3. The summed E-state index contributed by atoms with van der Waals surface area (Å²) in [6.45, 7) is 1.17. The van der Waals surface area contributed by atoms with Gasteiger partial charge in [0.05, 0.1) is 21.4 Å². The summed E-state index contributed by atoms with van der Waals surface area (Å²) in [6, 6.07) is 10.6. The van der Waals surface area contributed by atoms with Gasteiger partial charge < -0.3 is 11.1 Å². The molecule has 2 aromatic carbocycles. The number of rotatable bonds is 2. The van der Waals surface area contributed by atoms with Crippen molar-refractivity contribution in [3.63, 3.8) is 0 Å². The molecule has 6 nitrogen and oxygen atoms in total. The molecule has 0 unspecified atom stereocenters. The Hall–Kier alpha value is -2.57. The van der Waals surface area contributed by atoms with Gasteiger partial charge in [-0.05, 0) is 36.4 Å². The number of anilines is 3. The van der Waals surface area contributed by atoms with Crippen molar-refractivity contribution in [3.8, 4) is 0 Å². The van der Waals surface area contributed by atoms with E-state index in [-0.39, 0.29) is 21.4 Å². The maximum atomic E-state index is 12.4. The summed E-state index contributed by atoms with van der Waals surface area (Å²) < 4.78 is 0. The van der Waals surface area contributed by atoms with E-state index in [2.05, 4.69) is 5.32 Å². The van der Waals surface area contributed by atoms with Gasteiger partial charge in [-0.25, -0.2) is 4.90 Å². The molecule has 0 radical (unpaired) electrons. The van der Waals surface area contributed by atoms with Gasteiger partial charge in [0, 0.05) is 12.6 Å². The molecule has 0 aliphatic carbocycles.